The maximum Gasteiger partial charge on any atom is 0.224 e. The van der Waals surface area contributed by atoms with E-state index in [9.17, 15) is 4.79 Å². The van der Waals surface area contributed by atoms with Gasteiger partial charge in [0.15, 0.2) is 0 Å². The average molecular weight is 282 g/mol. The lowest BCUT2D eigenvalue weighted by Crippen LogP contribution is -2.26. The fraction of sp³-hybridized carbons (Fsp3) is 0.308. The zero-order valence-electron chi connectivity index (χ0n) is 9.64. The molecule has 1 aromatic carbocycles. The summed E-state index contributed by atoms with van der Waals surface area (Å²) in [6.07, 6.45) is 0.424. The molecule has 1 N–H and O–H groups in total. The summed E-state index contributed by atoms with van der Waals surface area (Å²) in [6.45, 7) is 8.19. The molecule has 0 saturated heterocycles. The third-order valence-electron chi connectivity index (χ3n) is 2.33. The van der Waals surface area contributed by atoms with Gasteiger partial charge >= 0.3 is 0 Å². The predicted molar refractivity (Wildman–Crippen MR) is 70.7 cm³/mol. The van der Waals surface area contributed by atoms with Crippen LogP contribution in [0.25, 0.3) is 0 Å². The molecule has 0 aromatic heterocycles. The minimum absolute atomic E-state index is 0.0225. The minimum Gasteiger partial charge on any atom is -0.351 e. The number of amides is 1. The molecule has 0 aliphatic heterocycles. The normalized spacial score (nSPS) is 9.94. The molecule has 0 spiro atoms. The van der Waals surface area contributed by atoms with Gasteiger partial charge in [0.25, 0.3) is 0 Å². The van der Waals surface area contributed by atoms with Crippen molar-refractivity contribution in [2.45, 2.75) is 20.3 Å². The number of carbonyl (C=O) groups is 1. The van der Waals surface area contributed by atoms with Crippen LogP contribution in [0, 0.1) is 13.8 Å². The summed E-state index contributed by atoms with van der Waals surface area (Å²) in [5.74, 6) is 0.0225. The molecule has 0 bridgehead atoms. The zero-order valence-corrected chi connectivity index (χ0v) is 11.2. The fourth-order valence-corrected chi connectivity index (χ4v) is 1.56. The van der Waals surface area contributed by atoms with Crippen molar-refractivity contribution in [2.24, 2.45) is 0 Å². The zero-order chi connectivity index (χ0) is 12.1. The van der Waals surface area contributed by atoms with Crippen LogP contribution in [0.3, 0.4) is 0 Å². The molecule has 0 heterocycles. The first kappa shape index (κ1) is 13.0. The van der Waals surface area contributed by atoms with E-state index in [0.717, 1.165) is 15.6 Å². The standard InChI is InChI=1S/C13H16BrNO/c1-9-4-5-10(2)12(6-9)7-13(16)15-8-11(3)14/h4-6H,3,7-8H2,1-2H3,(H,15,16). The van der Waals surface area contributed by atoms with Crippen LogP contribution in [0.1, 0.15) is 16.7 Å². The monoisotopic (exact) mass is 281 g/mol. The number of hydrogen-bond acceptors (Lipinski definition) is 1. The van der Waals surface area contributed by atoms with E-state index in [1.165, 1.54) is 5.56 Å². The molecule has 1 rings (SSSR count). The van der Waals surface area contributed by atoms with E-state index < -0.39 is 0 Å². The van der Waals surface area contributed by atoms with Crippen molar-refractivity contribution in [1.82, 2.24) is 5.32 Å². The van der Waals surface area contributed by atoms with E-state index >= 15 is 0 Å². The van der Waals surface area contributed by atoms with Crippen molar-refractivity contribution < 1.29 is 4.79 Å². The van der Waals surface area contributed by atoms with Crippen molar-refractivity contribution in [3.63, 3.8) is 0 Å². The van der Waals surface area contributed by atoms with Gasteiger partial charge in [-0.2, -0.15) is 0 Å². The molecule has 16 heavy (non-hydrogen) atoms. The summed E-state index contributed by atoms with van der Waals surface area (Å²) < 4.78 is 0.779. The Morgan fingerprint density at radius 2 is 2.12 bits per heavy atom. The molecule has 1 amide bonds. The van der Waals surface area contributed by atoms with Gasteiger partial charge in [0.05, 0.1) is 6.42 Å². The first-order valence-electron chi connectivity index (χ1n) is 5.15. The maximum absolute atomic E-state index is 11.6. The number of rotatable bonds is 4. The smallest absolute Gasteiger partial charge is 0.224 e. The molecule has 0 unspecified atom stereocenters. The SMILES string of the molecule is C=C(Br)CNC(=O)Cc1cc(C)ccc1C. The predicted octanol–water partition coefficient (Wildman–Crippen LogP) is 2.87. The summed E-state index contributed by atoms with van der Waals surface area (Å²) in [7, 11) is 0. The second-order valence-corrected chi connectivity index (χ2v) is 5.02. The van der Waals surface area contributed by atoms with Gasteiger partial charge in [-0.3, -0.25) is 4.79 Å². The molecule has 1 aromatic rings. The maximum atomic E-state index is 11.6. The van der Waals surface area contributed by atoms with Crippen molar-refractivity contribution in [3.05, 3.63) is 46.0 Å². The Labute approximate surface area is 105 Å². The Bertz CT molecular complexity index is 412. The molecule has 0 atom stereocenters. The largest absolute Gasteiger partial charge is 0.351 e. The summed E-state index contributed by atoms with van der Waals surface area (Å²) in [5.41, 5.74) is 3.41. The highest BCUT2D eigenvalue weighted by Gasteiger charge is 2.05. The van der Waals surface area contributed by atoms with Crippen molar-refractivity contribution in [3.8, 4) is 0 Å². The molecule has 0 saturated carbocycles. The Morgan fingerprint density at radius 3 is 2.75 bits per heavy atom. The summed E-state index contributed by atoms with van der Waals surface area (Å²) in [5, 5.41) is 2.79. The van der Waals surface area contributed by atoms with Gasteiger partial charge < -0.3 is 5.32 Å². The molecule has 3 heteroatoms. The van der Waals surface area contributed by atoms with Crippen molar-refractivity contribution in [1.29, 1.82) is 0 Å². The third kappa shape index (κ3) is 4.19. The van der Waals surface area contributed by atoms with Gasteiger partial charge in [-0.15, -0.1) is 0 Å². The topological polar surface area (TPSA) is 29.1 Å². The first-order valence-corrected chi connectivity index (χ1v) is 5.94. The quantitative estimate of drug-likeness (QED) is 0.904. The third-order valence-corrected chi connectivity index (χ3v) is 2.61. The van der Waals surface area contributed by atoms with Crippen LogP contribution in [0.4, 0.5) is 0 Å². The molecule has 86 valence electrons. The lowest BCUT2D eigenvalue weighted by molar-refractivity contribution is -0.120. The Hall–Kier alpha value is -1.09. The lowest BCUT2D eigenvalue weighted by Gasteiger charge is -2.07. The van der Waals surface area contributed by atoms with E-state index in [2.05, 4.69) is 40.0 Å². The number of hydrogen-bond donors (Lipinski definition) is 1. The van der Waals surface area contributed by atoms with E-state index in [0.29, 0.717) is 13.0 Å². The molecule has 2 nitrogen and oxygen atoms in total. The van der Waals surface area contributed by atoms with Gasteiger partial charge in [0.2, 0.25) is 5.91 Å². The van der Waals surface area contributed by atoms with Crippen molar-refractivity contribution in [2.75, 3.05) is 6.54 Å². The van der Waals surface area contributed by atoms with E-state index in [4.69, 9.17) is 0 Å². The van der Waals surface area contributed by atoms with E-state index in [1.807, 2.05) is 19.9 Å². The van der Waals surface area contributed by atoms with Crippen LogP contribution < -0.4 is 5.32 Å². The Kier molecular flexibility index (Phi) is 4.74. The number of benzene rings is 1. The number of carbonyl (C=O) groups excluding carboxylic acids is 1. The van der Waals surface area contributed by atoms with Gasteiger partial charge in [0, 0.05) is 11.0 Å². The second kappa shape index (κ2) is 5.85. The number of halogens is 1. The van der Waals surface area contributed by atoms with Crippen LogP contribution in [0.15, 0.2) is 29.3 Å². The van der Waals surface area contributed by atoms with Crippen LogP contribution in [0.5, 0.6) is 0 Å². The molecule has 0 radical (unpaired) electrons. The molecule has 0 aliphatic rings. The van der Waals surface area contributed by atoms with Crippen molar-refractivity contribution >= 4 is 21.8 Å². The lowest BCUT2D eigenvalue weighted by atomic mass is 10.0. The van der Waals surface area contributed by atoms with Crippen LogP contribution >= 0.6 is 15.9 Å². The molecular formula is C13H16BrNO. The highest BCUT2D eigenvalue weighted by atomic mass is 79.9. The van der Waals surface area contributed by atoms with Gasteiger partial charge in [0.1, 0.15) is 0 Å². The molecule has 0 aliphatic carbocycles. The van der Waals surface area contributed by atoms with Crippen LogP contribution in [-0.4, -0.2) is 12.5 Å². The average Bonchev–Trinajstić information content (AvgIpc) is 2.20. The van der Waals surface area contributed by atoms with Crippen LogP contribution in [-0.2, 0) is 11.2 Å². The Morgan fingerprint density at radius 1 is 1.44 bits per heavy atom. The van der Waals surface area contributed by atoms with E-state index in [-0.39, 0.29) is 5.91 Å². The molecular weight excluding hydrogens is 266 g/mol. The van der Waals surface area contributed by atoms with Gasteiger partial charge in [-0.1, -0.05) is 46.3 Å². The Balaban J connectivity index is 2.62. The molecule has 0 fully saturated rings. The van der Waals surface area contributed by atoms with Gasteiger partial charge in [-0.05, 0) is 25.0 Å². The summed E-state index contributed by atoms with van der Waals surface area (Å²) in [6, 6.07) is 6.15. The van der Waals surface area contributed by atoms with E-state index in [1.54, 1.807) is 0 Å². The highest BCUT2D eigenvalue weighted by molar-refractivity contribution is 9.11. The highest BCUT2D eigenvalue weighted by Crippen LogP contribution is 2.11. The second-order valence-electron chi connectivity index (χ2n) is 3.90. The summed E-state index contributed by atoms with van der Waals surface area (Å²) >= 11 is 3.21. The number of aryl methyl sites for hydroxylation is 2. The van der Waals surface area contributed by atoms with Crippen LogP contribution in [0.2, 0.25) is 0 Å². The first-order chi connectivity index (χ1) is 7.49. The summed E-state index contributed by atoms with van der Waals surface area (Å²) in [4.78, 5) is 11.6. The minimum atomic E-state index is 0.0225. The fourth-order valence-electron chi connectivity index (χ4n) is 1.42. The number of nitrogens with one attached hydrogen (secondary N) is 1. The van der Waals surface area contributed by atoms with Gasteiger partial charge in [-0.25, -0.2) is 0 Å².